The largest absolute Gasteiger partial charge is 0.479 e. The van der Waals surface area contributed by atoms with Crippen LogP contribution in [-0.2, 0) is 23.1 Å². The Morgan fingerprint density at radius 2 is 1.55 bits per heavy atom. The predicted molar refractivity (Wildman–Crippen MR) is 88.6 cm³/mol. The van der Waals surface area contributed by atoms with Crippen molar-refractivity contribution >= 4 is 5.97 Å². The zero-order valence-corrected chi connectivity index (χ0v) is 14.6. The van der Waals surface area contributed by atoms with Gasteiger partial charge in [0.2, 0.25) is 0 Å². The van der Waals surface area contributed by atoms with E-state index in [1.165, 1.54) is 40.3 Å². The van der Waals surface area contributed by atoms with Gasteiger partial charge >= 0.3 is 5.97 Å². The summed E-state index contributed by atoms with van der Waals surface area (Å²) < 4.78 is 0. The number of rotatable bonds is 4. The molecule has 1 unspecified atom stereocenters. The maximum atomic E-state index is 11.3. The number of carbonyl (C=O) groups is 1. The third-order valence-electron chi connectivity index (χ3n) is 5.40. The number of fused-ring (bicyclic) bond motifs is 1. The summed E-state index contributed by atoms with van der Waals surface area (Å²) in [6.07, 6.45) is 3.55. The zero-order valence-electron chi connectivity index (χ0n) is 14.6. The second-order valence-electron chi connectivity index (χ2n) is 7.70. The van der Waals surface area contributed by atoms with Crippen LogP contribution in [0.4, 0.5) is 0 Å². The van der Waals surface area contributed by atoms with Gasteiger partial charge in [0.15, 0.2) is 5.60 Å². The van der Waals surface area contributed by atoms with Crippen molar-refractivity contribution in [2.75, 3.05) is 0 Å². The molecule has 0 saturated heterocycles. The molecule has 22 heavy (non-hydrogen) atoms. The predicted octanol–water partition coefficient (Wildman–Crippen LogP) is 3.60. The Morgan fingerprint density at radius 3 is 2.09 bits per heavy atom. The van der Waals surface area contributed by atoms with E-state index in [1.807, 2.05) is 0 Å². The third kappa shape index (κ3) is 2.67. The van der Waals surface area contributed by atoms with Gasteiger partial charge in [-0.1, -0.05) is 13.8 Å². The zero-order chi connectivity index (χ0) is 16.9. The monoisotopic (exact) mass is 304 g/mol. The van der Waals surface area contributed by atoms with Crippen molar-refractivity contribution in [1.29, 1.82) is 0 Å². The van der Waals surface area contributed by atoms with Crippen LogP contribution in [0.5, 0.6) is 0 Å². The fourth-order valence-corrected chi connectivity index (χ4v) is 4.30. The first-order valence-electron chi connectivity index (χ1n) is 8.07. The number of carboxylic acid groups (broad SMARTS) is 1. The van der Waals surface area contributed by atoms with Gasteiger partial charge in [0.25, 0.3) is 0 Å². The van der Waals surface area contributed by atoms with Crippen LogP contribution in [0.15, 0.2) is 0 Å². The molecule has 2 N–H and O–H groups in total. The molecular weight excluding hydrogens is 276 g/mol. The SMILES string of the molecule is Cc1c(C)c2c(c(C(C)(C)CC(C)(O)C(=O)O)c1C)CCC2. The maximum absolute atomic E-state index is 11.3. The maximum Gasteiger partial charge on any atom is 0.335 e. The Bertz CT molecular complexity index is 624. The van der Waals surface area contributed by atoms with E-state index in [4.69, 9.17) is 0 Å². The van der Waals surface area contributed by atoms with Gasteiger partial charge in [0.05, 0.1) is 0 Å². The summed E-state index contributed by atoms with van der Waals surface area (Å²) in [5.41, 5.74) is 5.95. The second kappa shape index (κ2) is 5.38. The fourth-order valence-electron chi connectivity index (χ4n) is 4.30. The first-order valence-corrected chi connectivity index (χ1v) is 8.07. The van der Waals surface area contributed by atoms with Crippen LogP contribution in [-0.4, -0.2) is 21.8 Å². The third-order valence-corrected chi connectivity index (χ3v) is 5.40. The molecule has 0 amide bonds. The minimum atomic E-state index is -1.71. The highest BCUT2D eigenvalue weighted by Crippen LogP contribution is 2.42. The van der Waals surface area contributed by atoms with E-state index in [0.717, 1.165) is 19.3 Å². The van der Waals surface area contributed by atoms with Crippen molar-refractivity contribution in [1.82, 2.24) is 0 Å². The summed E-state index contributed by atoms with van der Waals surface area (Å²) in [6.45, 7) is 12.0. The van der Waals surface area contributed by atoms with Gasteiger partial charge in [-0.3, -0.25) is 0 Å². The lowest BCUT2D eigenvalue weighted by molar-refractivity contribution is -0.158. The van der Waals surface area contributed by atoms with Gasteiger partial charge in [-0.2, -0.15) is 0 Å². The highest BCUT2D eigenvalue weighted by molar-refractivity contribution is 5.76. The Balaban J connectivity index is 2.59. The van der Waals surface area contributed by atoms with Crippen molar-refractivity contribution in [2.24, 2.45) is 0 Å². The van der Waals surface area contributed by atoms with Gasteiger partial charge in [-0.05, 0) is 92.2 Å². The lowest BCUT2D eigenvalue weighted by Crippen LogP contribution is -2.41. The van der Waals surface area contributed by atoms with Crippen LogP contribution >= 0.6 is 0 Å². The molecule has 1 aliphatic carbocycles. The van der Waals surface area contributed by atoms with E-state index in [0.29, 0.717) is 0 Å². The molecular formula is C19H28O3. The minimum absolute atomic E-state index is 0.213. The van der Waals surface area contributed by atoms with Crippen LogP contribution in [0.1, 0.15) is 67.0 Å². The number of aliphatic carboxylic acids is 1. The fraction of sp³-hybridized carbons (Fsp3) is 0.632. The summed E-state index contributed by atoms with van der Waals surface area (Å²) in [4.78, 5) is 11.3. The van der Waals surface area contributed by atoms with Crippen LogP contribution in [0, 0.1) is 20.8 Å². The van der Waals surface area contributed by atoms with Gasteiger partial charge in [-0.15, -0.1) is 0 Å². The van der Waals surface area contributed by atoms with E-state index in [2.05, 4.69) is 34.6 Å². The summed E-state index contributed by atoms with van der Waals surface area (Å²) in [7, 11) is 0. The Labute approximate surface area is 133 Å². The molecule has 0 saturated carbocycles. The topological polar surface area (TPSA) is 57.5 Å². The first-order chi connectivity index (χ1) is 9.99. The molecule has 1 aliphatic rings. The number of aliphatic hydroxyl groups is 1. The van der Waals surface area contributed by atoms with Crippen LogP contribution < -0.4 is 0 Å². The Hall–Kier alpha value is -1.35. The molecule has 3 heteroatoms. The molecule has 0 spiro atoms. The Kier molecular flexibility index (Phi) is 4.16. The van der Waals surface area contributed by atoms with E-state index in [-0.39, 0.29) is 11.8 Å². The molecule has 0 aliphatic heterocycles. The van der Waals surface area contributed by atoms with Crippen LogP contribution in [0.3, 0.4) is 0 Å². The molecule has 1 aromatic rings. The van der Waals surface area contributed by atoms with Gasteiger partial charge in [0, 0.05) is 0 Å². The van der Waals surface area contributed by atoms with Crippen molar-refractivity contribution in [3.05, 3.63) is 33.4 Å². The van der Waals surface area contributed by atoms with Gasteiger partial charge < -0.3 is 10.2 Å². The van der Waals surface area contributed by atoms with E-state index in [1.54, 1.807) is 0 Å². The molecule has 0 heterocycles. The Morgan fingerprint density at radius 1 is 1.00 bits per heavy atom. The van der Waals surface area contributed by atoms with Crippen LogP contribution in [0.25, 0.3) is 0 Å². The molecule has 3 nitrogen and oxygen atoms in total. The molecule has 1 atom stereocenters. The molecule has 0 aromatic heterocycles. The highest BCUT2D eigenvalue weighted by atomic mass is 16.4. The normalized spacial score (nSPS) is 17.2. The number of benzene rings is 1. The van der Waals surface area contributed by atoms with E-state index < -0.39 is 11.6 Å². The van der Waals surface area contributed by atoms with Crippen molar-refractivity contribution < 1.29 is 15.0 Å². The molecule has 0 radical (unpaired) electrons. The number of carboxylic acids is 1. The molecule has 1 aromatic carbocycles. The molecule has 0 fully saturated rings. The summed E-state index contributed by atoms with van der Waals surface area (Å²) in [5.74, 6) is -1.15. The van der Waals surface area contributed by atoms with Gasteiger partial charge in [-0.25, -0.2) is 4.79 Å². The van der Waals surface area contributed by atoms with Crippen molar-refractivity contribution in [2.45, 2.75) is 78.2 Å². The van der Waals surface area contributed by atoms with E-state index >= 15 is 0 Å². The quantitative estimate of drug-likeness (QED) is 0.893. The standard InChI is InChI=1S/C19H28O3/c1-11-12(2)14-8-7-9-15(14)16(13(11)3)18(4,5)10-19(6,22)17(20)21/h22H,7-10H2,1-6H3,(H,20,21). The lowest BCUT2D eigenvalue weighted by atomic mass is 9.70. The number of hydrogen-bond acceptors (Lipinski definition) is 2. The second-order valence-corrected chi connectivity index (χ2v) is 7.70. The summed E-state index contributed by atoms with van der Waals surface area (Å²) in [6, 6.07) is 0. The van der Waals surface area contributed by atoms with Crippen molar-refractivity contribution in [3.63, 3.8) is 0 Å². The summed E-state index contributed by atoms with van der Waals surface area (Å²) in [5, 5.41) is 19.5. The average molecular weight is 304 g/mol. The molecule has 122 valence electrons. The number of hydrogen-bond donors (Lipinski definition) is 2. The van der Waals surface area contributed by atoms with Crippen molar-refractivity contribution in [3.8, 4) is 0 Å². The van der Waals surface area contributed by atoms with E-state index in [9.17, 15) is 15.0 Å². The smallest absolute Gasteiger partial charge is 0.335 e. The lowest BCUT2D eigenvalue weighted by Gasteiger charge is -2.35. The minimum Gasteiger partial charge on any atom is -0.479 e. The molecule has 0 bridgehead atoms. The van der Waals surface area contributed by atoms with Gasteiger partial charge in [0.1, 0.15) is 0 Å². The average Bonchev–Trinajstić information content (AvgIpc) is 2.83. The molecule has 2 rings (SSSR count). The summed E-state index contributed by atoms with van der Waals surface area (Å²) >= 11 is 0. The van der Waals surface area contributed by atoms with Crippen LogP contribution in [0.2, 0.25) is 0 Å². The first kappa shape index (κ1) is 17.0. The highest BCUT2D eigenvalue weighted by Gasteiger charge is 2.40.